The van der Waals surface area contributed by atoms with E-state index in [4.69, 9.17) is 5.73 Å². The summed E-state index contributed by atoms with van der Waals surface area (Å²) in [4.78, 5) is 12.9. The fraction of sp³-hybridized carbons (Fsp3) is 0.273. The first-order valence-electron chi connectivity index (χ1n) is 5.57. The molecule has 92 valence electrons. The van der Waals surface area contributed by atoms with Crippen LogP contribution in [0.3, 0.4) is 0 Å². The van der Waals surface area contributed by atoms with Gasteiger partial charge in [-0.05, 0) is 19.1 Å². The molecule has 0 aliphatic rings. The Morgan fingerprint density at radius 2 is 2.11 bits per heavy atom. The summed E-state index contributed by atoms with van der Waals surface area (Å²) in [7, 11) is 1.83. The van der Waals surface area contributed by atoms with Gasteiger partial charge in [0.25, 0.3) is 0 Å². The van der Waals surface area contributed by atoms with Crippen LogP contribution in [-0.2, 0) is 13.6 Å². The summed E-state index contributed by atoms with van der Waals surface area (Å²) in [5.74, 6) is 1.11. The Kier molecular flexibility index (Phi) is 2.26. The van der Waals surface area contributed by atoms with Crippen molar-refractivity contribution in [1.82, 2.24) is 29.3 Å². The van der Waals surface area contributed by atoms with E-state index in [9.17, 15) is 0 Å². The number of nitrogens with zero attached hydrogens (tertiary/aromatic N) is 6. The minimum Gasteiger partial charge on any atom is -0.369 e. The largest absolute Gasteiger partial charge is 0.369 e. The number of fused-ring (bicyclic) bond motifs is 1. The molecule has 0 saturated carbocycles. The van der Waals surface area contributed by atoms with Crippen molar-refractivity contribution in [3.05, 3.63) is 30.0 Å². The lowest BCUT2D eigenvalue weighted by atomic mass is 10.3. The van der Waals surface area contributed by atoms with Crippen molar-refractivity contribution in [2.24, 2.45) is 7.05 Å². The number of nitrogen functional groups attached to an aromatic ring is 1. The number of hydrogen-bond donors (Lipinski definition) is 1. The van der Waals surface area contributed by atoms with Crippen molar-refractivity contribution < 1.29 is 0 Å². The quantitative estimate of drug-likeness (QED) is 0.708. The lowest BCUT2D eigenvalue weighted by Gasteiger charge is -2.02. The third-order valence-corrected chi connectivity index (χ3v) is 2.71. The highest BCUT2D eigenvalue weighted by Gasteiger charge is 2.11. The first-order chi connectivity index (χ1) is 8.63. The van der Waals surface area contributed by atoms with Gasteiger partial charge in [0.15, 0.2) is 11.5 Å². The molecule has 0 spiro atoms. The molecule has 0 amide bonds. The molecule has 0 unspecified atom stereocenters. The van der Waals surface area contributed by atoms with Gasteiger partial charge in [-0.15, -0.1) is 0 Å². The van der Waals surface area contributed by atoms with Gasteiger partial charge in [-0.2, -0.15) is 5.10 Å². The van der Waals surface area contributed by atoms with Crippen LogP contribution >= 0.6 is 0 Å². The van der Waals surface area contributed by atoms with Crippen molar-refractivity contribution in [1.29, 1.82) is 0 Å². The third kappa shape index (κ3) is 1.69. The second-order valence-corrected chi connectivity index (χ2v) is 4.19. The molecular weight excluding hydrogens is 230 g/mol. The van der Waals surface area contributed by atoms with E-state index in [0.717, 1.165) is 16.9 Å². The van der Waals surface area contributed by atoms with Crippen molar-refractivity contribution in [3.8, 4) is 0 Å². The Morgan fingerprint density at radius 3 is 2.83 bits per heavy atom. The number of pyridine rings is 1. The predicted molar refractivity (Wildman–Crippen MR) is 66.8 cm³/mol. The maximum Gasteiger partial charge on any atom is 0.202 e. The second kappa shape index (κ2) is 3.80. The summed E-state index contributed by atoms with van der Waals surface area (Å²) in [5, 5.41) is 4.23. The highest BCUT2D eigenvalue weighted by Crippen LogP contribution is 2.17. The van der Waals surface area contributed by atoms with Crippen molar-refractivity contribution in [2.75, 3.05) is 5.73 Å². The van der Waals surface area contributed by atoms with Crippen LogP contribution in [0, 0.1) is 6.92 Å². The fourth-order valence-corrected chi connectivity index (χ4v) is 1.87. The molecule has 0 atom stereocenters. The predicted octanol–water partition coefficient (Wildman–Crippen LogP) is 0.499. The van der Waals surface area contributed by atoms with E-state index in [2.05, 4.69) is 20.1 Å². The first-order valence-corrected chi connectivity index (χ1v) is 5.57. The Bertz CT molecular complexity index is 709. The minimum absolute atomic E-state index is 0.426. The minimum atomic E-state index is 0.426. The van der Waals surface area contributed by atoms with E-state index in [0.29, 0.717) is 18.3 Å². The molecular formula is C11H13N7. The lowest BCUT2D eigenvalue weighted by Crippen LogP contribution is -2.07. The van der Waals surface area contributed by atoms with Crippen LogP contribution in [0.15, 0.2) is 18.5 Å². The highest BCUT2D eigenvalue weighted by molar-refractivity contribution is 5.74. The van der Waals surface area contributed by atoms with Crippen molar-refractivity contribution in [2.45, 2.75) is 13.5 Å². The van der Waals surface area contributed by atoms with Crippen LogP contribution in [0.5, 0.6) is 0 Å². The maximum atomic E-state index is 5.91. The Hall–Kier alpha value is -2.44. The van der Waals surface area contributed by atoms with Gasteiger partial charge in [-0.25, -0.2) is 15.0 Å². The van der Waals surface area contributed by atoms with Gasteiger partial charge < -0.3 is 5.73 Å². The molecule has 0 aromatic carbocycles. The van der Waals surface area contributed by atoms with E-state index in [1.165, 1.54) is 0 Å². The number of rotatable bonds is 2. The number of hydrogen-bond acceptors (Lipinski definition) is 5. The summed E-state index contributed by atoms with van der Waals surface area (Å²) < 4.78 is 3.47. The number of aromatic nitrogens is 6. The zero-order valence-corrected chi connectivity index (χ0v) is 10.2. The van der Waals surface area contributed by atoms with Gasteiger partial charge in [0, 0.05) is 12.7 Å². The number of anilines is 1. The standard InChI is InChI=1S/C11H13N7/c1-7-3-4-8-10(14-7)18(11(12)15-8)5-9-13-6-17(2)16-9/h3-4,6H,5H2,1-2H3,(H2,12,15). The van der Waals surface area contributed by atoms with Crippen LogP contribution in [0.4, 0.5) is 5.95 Å². The second-order valence-electron chi connectivity index (χ2n) is 4.19. The smallest absolute Gasteiger partial charge is 0.202 e. The Balaban J connectivity index is 2.10. The van der Waals surface area contributed by atoms with Crippen molar-refractivity contribution in [3.63, 3.8) is 0 Å². The molecule has 18 heavy (non-hydrogen) atoms. The summed E-state index contributed by atoms with van der Waals surface area (Å²) >= 11 is 0. The van der Waals surface area contributed by atoms with Gasteiger partial charge in [0.2, 0.25) is 5.95 Å². The van der Waals surface area contributed by atoms with Gasteiger partial charge >= 0.3 is 0 Å². The topological polar surface area (TPSA) is 87.4 Å². The fourth-order valence-electron chi connectivity index (χ4n) is 1.87. The van der Waals surface area contributed by atoms with Crippen LogP contribution in [0.25, 0.3) is 11.2 Å². The number of nitrogens with two attached hydrogens (primary N) is 1. The molecule has 3 aromatic heterocycles. The Labute approximate surface area is 103 Å². The Morgan fingerprint density at radius 1 is 1.28 bits per heavy atom. The lowest BCUT2D eigenvalue weighted by molar-refractivity contribution is 0.712. The van der Waals surface area contributed by atoms with Gasteiger partial charge in [0.1, 0.15) is 11.8 Å². The normalized spacial score (nSPS) is 11.2. The van der Waals surface area contributed by atoms with E-state index in [1.807, 2.05) is 30.7 Å². The van der Waals surface area contributed by atoms with E-state index >= 15 is 0 Å². The molecule has 7 heteroatoms. The highest BCUT2D eigenvalue weighted by atomic mass is 15.3. The van der Waals surface area contributed by atoms with Crippen LogP contribution < -0.4 is 5.73 Å². The van der Waals surface area contributed by atoms with Crippen LogP contribution in [-0.4, -0.2) is 29.3 Å². The average molecular weight is 243 g/mol. The monoisotopic (exact) mass is 243 g/mol. The van der Waals surface area contributed by atoms with Gasteiger partial charge in [0.05, 0.1) is 6.54 Å². The zero-order valence-electron chi connectivity index (χ0n) is 10.2. The molecule has 0 aliphatic heterocycles. The average Bonchev–Trinajstić information content (AvgIpc) is 2.86. The molecule has 3 heterocycles. The third-order valence-electron chi connectivity index (χ3n) is 2.71. The summed E-state index contributed by atoms with van der Waals surface area (Å²) in [6, 6.07) is 3.83. The van der Waals surface area contributed by atoms with Crippen LogP contribution in [0.2, 0.25) is 0 Å². The molecule has 0 bridgehead atoms. The van der Waals surface area contributed by atoms with E-state index in [1.54, 1.807) is 11.0 Å². The number of imidazole rings is 1. The molecule has 3 rings (SSSR count). The molecule has 7 nitrogen and oxygen atoms in total. The van der Waals surface area contributed by atoms with E-state index < -0.39 is 0 Å². The molecule has 0 saturated heterocycles. The maximum absolute atomic E-state index is 5.91. The first kappa shape index (κ1) is 10.7. The molecule has 0 aliphatic carbocycles. The summed E-state index contributed by atoms with van der Waals surface area (Å²) in [6.07, 6.45) is 1.66. The number of aryl methyl sites for hydroxylation is 2. The van der Waals surface area contributed by atoms with Gasteiger partial charge in [-0.1, -0.05) is 0 Å². The summed E-state index contributed by atoms with van der Waals surface area (Å²) in [6.45, 7) is 2.41. The van der Waals surface area contributed by atoms with E-state index in [-0.39, 0.29) is 0 Å². The van der Waals surface area contributed by atoms with Crippen LogP contribution in [0.1, 0.15) is 11.5 Å². The molecule has 0 fully saturated rings. The van der Waals surface area contributed by atoms with Crippen molar-refractivity contribution >= 4 is 17.1 Å². The SMILES string of the molecule is Cc1ccc2nc(N)n(Cc3ncn(C)n3)c2n1. The summed E-state index contributed by atoms with van der Waals surface area (Å²) in [5.41, 5.74) is 8.39. The van der Waals surface area contributed by atoms with Gasteiger partial charge in [-0.3, -0.25) is 9.25 Å². The molecule has 2 N–H and O–H groups in total. The molecule has 0 radical (unpaired) electrons. The zero-order chi connectivity index (χ0) is 12.7. The molecule has 3 aromatic rings.